The van der Waals surface area contributed by atoms with E-state index in [1.807, 2.05) is 34.6 Å². The first-order chi connectivity index (χ1) is 22.2. The Labute approximate surface area is 294 Å². The Morgan fingerprint density at radius 2 is 1.47 bits per heavy atom. The fraction of sp³-hybridized carbons (Fsp3) is 0.743. The second-order valence-electron chi connectivity index (χ2n) is 16.4. The molecule has 14 heteroatoms. The number of ketones is 1. The Balaban J connectivity index is 3.38. The van der Waals surface area contributed by atoms with Crippen LogP contribution in [0.1, 0.15) is 89.0 Å². The van der Waals surface area contributed by atoms with Gasteiger partial charge in [-0.05, 0) is 56.3 Å². The average Bonchev–Trinajstić information content (AvgIpc) is 3.41. The molecule has 0 aliphatic carbocycles. The Hall–Kier alpha value is -3.26. The highest BCUT2D eigenvalue weighted by molar-refractivity contribution is 7.90. The van der Waals surface area contributed by atoms with Crippen molar-refractivity contribution in [3.63, 3.8) is 0 Å². The zero-order chi connectivity index (χ0) is 38.3. The summed E-state index contributed by atoms with van der Waals surface area (Å²) in [6.07, 6.45) is 3.39. The van der Waals surface area contributed by atoms with Gasteiger partial charge in [-0.15, -0.1) is 13.2 Å². The van der Waals surface area contributed by atoms with Crippen molar-refractivity contribution in [1.82, 2.24) is 30.5 Å². The number of sulfonamides is 1. The molecule has 0 bridgehead atoms. The molecule has 0 radical (unpaired) electrons. The standard InChI is InChI=1S/C35H62N6O7S/c1-15-17-24(27(42)30(44)36-19-16-2)37-29(43)26-23(22(3)4)18-20-41(26)31(45)28(34(8,9)10)39-32(46)38-25(33(5,6)7)21-40(14)49(47,48)35(11,12)13/h15-16,22-26,28H,1-2,17-21H2,3-14H3,(H,36,44)(H,37,43)(H2,38,39,46)/t23-,24?,25-,26+,28-/m1/s1. The zero-order valence-electron chi connectivity index (χ0n) is 31.7. The number of nitrogens with one attached hydrogen (secondary N) is 4. The summed E-state index contributed by atoms with van der Waals surface area (Å²) < 4.78 is 26.4. The molecule has 4 N–H and O–H groups in total. The number of urea groups is 1. The molecule has 1 aliphatic heterocycles. The monoisotopic (exact) mass is 710 g/mol. The maximum absolute atomic E-state index is 14.3. The van der Waals surface area contributed by atoms with E-state index < -0.39 is 79.3 Å². The fourth-order valence-corrected chi connectivity index (χ4v) is 6.95. The first kappa shape index (κ1) is 43.8. The zero-order valence-corrected chi connectivity index (χ0v) is 32.5. The number of nitrogens with zero attached hydrogens (tertiary/aromatic N) is 2. The molecule has 49 heavy (non-hydrogen) atoms. The van der Waals surface area contributed by atoms with Crippen molar-refractivity contribution in [2.24, 2.45) is 22.7 Å². The van der Waals surface area contributed by atoms with E-state index in [4.69, 9.17) is 0 Å². The van der Waals surface area contributed by atoms with E-state index in [2.05, 4.69) is 34.4 Å². The van der Waals surface area contributed by atoms with E-state index in [9.17, 15) is 32.4 Å². The van der Waals surface area contributed by atoms with Crippen molar-refractivity contribution in [2.75, 3.05) is 26.7 Å². The van der Waals surface area contributed by atoms with Crippen molar-refractivity contribution in [1.29, 1.82) is 0 Å². The minimum absolute atomic E-state index is 0.00347. The number of likely N-dealkylation sites (N-methyl/N-ethyl adjacent to an activating group) is 1. The van der Waals surface area contributed by atoms with Gasteiger partial charge in [0.2, 0.25) is 27.6 Å². The van der Waals surface area contributed by atoms with Crippen molar-refractivity contribution in [3.8, 4) is 0 Å². The second-order valence-corrected chi connectivity index (χ2v) is 19.2. The molecule has 0 spiro atoms. The number of carbonyl (C=O) groups excluding carboxylic acids is 5. The number of Topliss-reactive ketones (excluding diaryl/α,β-unsaturated/α-hetero) is 1. The molecule has 5 atom stereocenters. The van der Waals surface area contributed by atoms with Crippen molar-refractivity contribution in [3.05, 3.63) is 25.3 Å². The molecule has 0 aromatic carbocycles. The molecular weight excluding hydrogens is 648 g/mol. The van der Waals surface area contributed by atoms with Gasteiger partial charge in [0.1, 0.15) is 18.1 Å². The van der Waals surface area contributed by atoms with Crippen molar-refractivity contribution >= 4 is 39.6 Å². The number of rotatable bonds is 15. The molecule has 1 unspecified atom stereocenters. The van der Waals surface area contributed by atoms with Gasteiger partial charge in [-0.2, -0.15) is 0 Å². The lowest BCUT2D eigenvalue weighted by molar-refractivity contribution is -0.144. The normalized spacial score (nSPS) is 19.1. The molecule has 1 aliphatic rings. The molecule has 280 valence electrons. The molecule has 0 aromatic heterocycles. The summed E-state index contributed by atoms with van der Waals surface area (Å²) in [6.45, 7) is 27.3. The van der Waals surface area contributed by atoms with Crippen LogP contribution in [-0.4, -0.2) is 103 Å². The third kappa shape index (κ3) is 11.7. The predicted molar refractivity (Wildman–Crippen MR) is 193 cm³/mol. The minimum atomic E-state index is -3.68. The van der Waals surface area contributed by atoms with Gasteiger partial charge in [0.25, 0.3) is 5.91 Å². The molecule has 5 amide bonds. The maximum atomic E-state index is 14.3. The van der Waals surface area contributed by atoms with Crippen LogP contribution < -0.4 is 21.3 Å². The SMILES string of the molecule is C=CCNC(=O)C(=O)C(CC=C)NC(=O)[C@@H]1[C@@H](C(C)C)CCN1C(=O)[C@@H](NC(=O)N[C@H](CN(C)S(=O)(=O)C(C)(C)C)C(C)(C)C)C(C)(C)C. The van der Waals surface area contributed by atoms with Gasteiger partial charge in [-0.25, -0.2) is 17.5 Å². The summed E-state index contributed by atoms with van der Waals surface area (Å²) in [5, 5.41) is 10.9. The highest BCUT2D eigenvalue weighted by Gasteiger charge is 2.48. The van der Waals surface area contributed by atoms with Gasteiger partial charge < -0.3 is 26.2 Å². The topological polar surface area (TPSA) is 174 Å². The Kier molecular flexibility index (Phi) is 15.3. The Bertz CT molecular complexity index is 1340. The smallest absolute Gasteiger partial charge is 0.315 e. The fourth-order valence-electron chi connectivity index (χ4n) is 5.67. The lowest BCUT2D eigenvalue weighted by Crippen LogP contribution is -2.62. The largest absolute Gasteiger partial charge is 0.346 e. The molecule has 1 saturated heterocycles. The average molecular weight is 711 g/mol. The first-order valence-corrected chi connectivity index (χ1v) is 18.3. The number of amides is 5. The number of likely N-dealkylation sites (tertiary alicyclic amines) is 1. The second kappa shape index (κ2) is 17.1. The highest BCUT2D eigenvalue weighted by Crippen LogP contribution is 2.33. The summed E-state index contributed by atoms with van der Waals surface area (Å²) in [5.41, 5.74) is -1.34. The van der Waals surface area contributed by atoms with Gasteiger partial charge in [0, 0.05) is 32.7 Å². The van der Waals surface area contributed by atoms with Crippen LogP contribution in [0.15, 0.2) is 25.3 Å². The minimum Gasteiger partial charge on any atom is -0.346 e. The van der Waals surface area contributed by atoms with Crippen molar-refractivity contribution < 1.29 is 32.4 Å². The van der Waals surface area contributed by atoms with E-state index in [-0.39, 0.29) is 37.9 Å². The van der Waals surface area contributed by atoms with Crippen LogP contribution in [0, 0.1) is 22.7 Å². The van der Waals surface area contributed by atoms with Gasteiger partial charge in [-0.3, -0.25) is 19.2 Å². The Morgan fingerprint density at radius 3 is 1.92 bits per heavy atom. The number of hydrogen-bond donors (Lipinski definition) is 4. The van der Waals surface area contributed by atoms with E-state index in [0.29, 0.717) is 6.42 Å². The first-order valence-electron chi connectivity index (χ1n) is 16.9. The molecular formula is C35H62N6O7S. The van der Waals surface area contributed by atoms with E-state index in [0.717, 1.165) is 0 Å². The molecule has 1 fully saturated rings. The van der Waals surface area contributed by atoms with Crippen LogP contribution in [0.25, 0.3) is 0 Å². The summed E-state index contributed by atoms with van der Waals surface area (Å²) >= 11 is 0. The molecule has 1 heterocycles. The molecule has 1 rings (SSSR count). The van der Waals surface area contributed by atoms with Gasteiger partial charge in [0.15, 0.2) is 0 Å². The number of hydrogen-bond acceptors (Lipinski definition) is 7. The highest BCUT2D eigenvalue weighted by atomic mass is 32.2. The number of carbonyl (C=O) groups is 5. The lowest BCUT2D eigenvalue weighted by Gasteiger charge is -2.39. The predicted octanol–water partition coefficient (Wildman–Crippen LogP) is 2.98. The molecule has 13 nitrogen and oxygen atoms in total. The third-order valence-electron chi connectivity index (χ3n) is 8.88. The van der Waals surface area contributed by atoms with Crippen LogP contribution in [0.4, 0.5) is 4.79 Å². The van der Waals surface area contributed by atoms with Gasteiger partial charge in [-0.1, -0.05) is 67.5 Å². The van der Waals surface area contributed by atoms with E-state index in [1.165, 1.54) is 28.4 Å². The van der Waals surface area contributed by atoms with Crippen LogP contribution in [0.5, 0.6) is 0 Å². The summed E-state index contributed by atoms with van der Waals surface area (Å²) in [6, 6.07) is -4.49. The Morgan fingerprint density at radius 1 is 0.898 bits per heavy atom. The summed E-state index contributed by atoms with van der Waals surface area (Å²) in [7, 11) is -2.20. The summed E-state index contributed by atoms with van der Waals surface area (Å²) in [5.74, 6) is -3.01. The van der Waals surface area contributed by atoms with Crippen LogP contribution >= 0.6 is 0 Å². The maximum Gasteiger partial charge on any atom is 0.315 e. The molecule has 0 aromatic rings. The van der Waals surface area contributed by atoms with E-state index >= 15 is 0 Å². The van der Waals surface area contributed by atoms with Gasteiger partial charge >= 0.3 is 6.03 Å². The van der Waals surface area contributed by atoms with Crippen molar-refractivity contribution in [2.45, 2.75) is 118 Å². The quantitative estimate of drug-likeness (QED) is 0.149. The third-order valence-corrected chi connectivity index (χ3v) is 11.4. The van der Waals surface area contributed by atoms with Crippen LogP contribution in [0.3, 0.4) is 0 Å². The lowest BCUT2D eigenvalue weighted by atomic mass is 9.84. The molecule has 0 saturated carbocycles. The summed E-state index contributed by atoms with van der Waals surface area (Å²) in [4.78, 5) is 68.7. The van der Waals surface area contributed by atoms with Crippen LogP contribution in [0.2, 0.25) is 0 Å². The van der Waals surface area contributed by atoms with E-state index in [1.54, 1.807) is 41.5 Å². The van der Waals surface area contributed by atoms with Gasteiger partial charge in [0.05, 0.1) is 4.75 Å². The van der Waals surface area contributed by atoms with Crippen LogP contribution in [-0.2, 0) is 29.2 Å².